The number of aliphatic hydroxyl groups excluding tert-OH is 1. The number of halogens is 2. The molecule has 0 unspecified atom stereocenters. The molecule has 0 aliphatic carbocycles. The lowest BCUT2D eigenvalue weighted by Gasteiger charge is -2.30. The molecule has 2 aromatic carbocycles. The molecule has 1 aromatic heterocycles. The Morgan fingerprint density at radius 3 is 2.35 bits per heavy atom. The minimum atomic E-state index is -0.918. The molecule has 2 N–H and O–H groups in total. The van der Waals surface area contributed by atoms with Crippen LogP contribution < -0.4 is 5.32 Å². The van der Waals surface area contributed by atoms with E-state index in [0.717, 1.165) is 17.3 Å². The Bertz CT molecular complexity index is 1370. The summed E-state index contributed by atoms with van der Waals surface area (Å²) in [6, 6.07) is 8.87. The number of aromatic nitrogens is 3. The Labute approximate surface area is 233 Å². The predicted octanol–water partition coefficient (Wildman–Crippen LogP) is 4.56. The number of nitrogens with one attached hydrogen (secondary N) is 1. The van der Waals surface area contributed by atoms with Crippen molar-refractivity contribution >= 4 is 11.8 Å². The summed E-state index contributed by atoms with van der Waals surface area (Å²) in [5, 5.41) is 21.9. The number of nitrogens with zero attached hydrogens (tertiary/aromatic N) is 4. The van der Waals surface area contributed by atoms with Crippen LogP contribution in [0.15, 0.2) is 48.7 Å². The van der Waals surface area contributed by atoms with Crippen LogP contribution in [0.4, 0.5) is 8.78 Å². The number of β-amino-alcohol motifs (C(OH)–C–C–N with tert-alkyl or cyclic N) is 1. The second-order valence-electron chi connectivity index (χ2n) is 11.9. The van der Waals surface area contributed by atoms with E-state index >= 15 is 0 Å². The van der Waals surface area contributed by atoms with Gasteiger partial charge in [-0.3, -0.25) is 9.59 Å². The van der Waals surface area contributed by atoms with E-state index in [1.807, 2.05) is 34.6 Å². The highest BCUT2D eigenvalue weighted by Gasteiger charge is 2.43. The Balaban J connectivity index is 1.49. The van der Waals surface area contributed by atoms with Gasteiger partial charge in [0, 0.05) is 30.1 Å². The number of carbonyl (C=O) groups excluding carboxylic acids is 2. The van der Waals surface area contributed by atoms with Crippen LogP contribution >= 0.6 is 0 Å². The van der Waals surface area contributed by atoms with E-state index in [2.05, 4.69) is 15.6 Å². The van der Waals surface area contributed by atoms with Crippen molar-refractivity contribution in [2.24, 2.45) is 5.92 Å². The molecule has 2 amide bonds. The number of rotatable bonds is 7. The lowest BCUT2D eigenvalue weighted by Crippen LogP contribution is -2.49. The third kappa shape index (κ3) is 6.06. The summed E-state index contributed by atoms with van der Waals surface area (Å²) in [6.45, 7) is 11.7. The van der Waals surface area contributed by atoms with Crippen LogP contribution in [0.25, 0.3) is 11.1 Å². The molecule has 40 heavy (non-hydrogen) atoms. The van der Waals surface area contributed by atoms with Crippen molar-refractivity contribution in [1.29, 1.82) is 0 Å². The topological polar surface area (TPSA) is 100 Å². The zero-order valence-corrected chi connectivity index (χ0v) is 23.7. The van der Waals surface area contributed by atoms with Crippen LogP contribution in [0.3, 0.4) is 0 Å². The second kappa shape index (κ2) is 11.4. The fourth-order valence-electron chi connectivity index (χ4n) is 5.01. The van der Waals surface area contributed by atoms with Gasteiger partial charge in [-0.2, -0.15) is 0 Å². The van der Waals surface area contributed by atoms with Crippen LogP contribution in [-0.2, 0) is 15.0 Å². The monoisotopic (exact) mass is 553 g/mol. The predicted molar refractivity (Wildman–Crippen MR) is 147 cm³/mol. The van der Waals surface area contributed by atoms with Gasteiger partial charge in [0.25, 0.3) is 0 Å². The molecule has 0 radical (unpaired) electrons. The first-order chi connectivity index (χ1) is 18.8. The van der Waals surface area contributed by atoms with Crippen molar-refractivity contribution in [2.45, 2.75) is 77.6 Å². The number of hydrogen-bond acceptors (Lipinski definition) is 5. The molecule has 1 saturated heterocycles. The van der Waals surface area contributed by atoms with Crippen molar-refractivity contribution in [3.63, 3.8) is 0 Å². The summed E-state index contributed by atoms with van der Waals surface area (Å²) in [4.78, 5) is 28.6. The summed E-state index contributed by atoms with van der Waals surface area (Å²) in [5.74, 6) is -2.65. The average Bonchev–Trinajstić information content (AvgIpc) is 3.53. The Hall–Kier alpha value is -3.66. The van der Waals surface area contributed by atoms with E-state index < -0.39 is 35.9 Å². The summed E-state index contributed by atoms with van der Waals surface area (Å²) in [5.41, 5.74) is 1.93. The number of aliphatic hydroxyl groups is 1. The van der Waals surface area contributed by atoms with Crippen LogP contribution in [0.1, 0.15) is 71.3 Å². The van der Waals surface area contributed by atoms with Crippen molar-refractivity contribution in [2.75, 3.05) is 6.54 Å². The highest BCUT2D eigenvalue weighted by Crippen LogP contribution is 2.29. The van der Waals surface area contributed by atoms with Crippen LogP contribution in [0.5, 0.6) is 0 Å². The normalized spacial score (nSPS) is 19.1. The van der Waals surface area contributed by atoms with E-state index in [1.165, 1.54) is 17.0 Å². The first kappa shape index (κ1) is 29.3. The molecule has 10 heteroatoms. The summed E-state index contributed by atoms with van der Waals surface area (Å²) in [6.07, 6.45) is 1.06. The van der Waals surface area contributed by atoms with Crippen molar-refractivity contribution < 1.29 is 23.5 Å². The van der Waals surface area contributed by atoms with Gasteiger partial charge in [-0.15, -0.1) is 5.10 Å². The zero-order valence-electron chi connectivity index (χ0n) is 23.7. The standard InChI is InChI=1S/C30H37F2N5O3/c1-17(2)27(37-16-25(34-35-37)30(4,5)6)29(40)36-15-21(38)14-24(36)28(39)33-18(3)19-10-12-20(13-11-19)22-8-7-9-23(31)26(22)32/h7-13,16-18,21,24,27,38H,14-15H2,1-6H3,(H,33,39)/t18-,21+,24-,27-/m0/s1. The third-order valence-corrected chi connectivity index (χ3v) is 7.34. The van der Waals surface area contributed by atoms with Crippen LogP contribution in [0, 0.1) is 17.6 Å². The van der Waals surface area contributed by atoms with E-state index in [9.17, 15) is 23.5 Å². The second-order valence-corrected chi connectivity index (χ2v) is 11.9. The van der Waals surface area contributed by atoms with Gasteiger partial charge in [-0.1, -0.05) is 76.2 Å². The Kier molecular flexibility index (Phi) is 8.39. The average molecular weight is 554 g/mol. The van der Waals surface area contributed by atoms with Gasteiger partial charge in [-0.05, 0) is 30.0 Å². The van der Waals surface area contributed by atoms with Gasteiger partial charge >= 0.3 is 0 Å². The van der Waals surface area contributed by atoms with E-state index in [1.54, 1.807) is 42.1 Å². The lowest BCUT2D eigenvalue weighted by molar-refractivity contribution is -0.142. The summed E-state index contributed by atoms with van der Waals surface area (Å²) >= 11 is 0. The fourth-order valence-corrected chi connectivity index (χ4v) is 5.01. The molecule has 4 atom stereocenters. The van der Waals surface area contributed by atoms with Gasteiger partial charge in [-0.25, -0.2) is 13.5 Å². The molecular formula is C30H37F2N5O3. The lowest BCUT2D eigenvalue weighted by atomic mass is 9.93. The SMILES string of the molecule is CC(C)[C@@H](C(=O)N1C[C@H](O)C[C@H]1C(=O)N[C@@H](C)c1ccc(-c2cccc(F)c2F)cc1)n1cc(C(C)(C)C)nn1. The Morgan fingerprint density at radius 1 is 1.07 bits per heavy atom. The van der Waals surface area contributed by atoms with Gasteiger partial charge in [0.1, 0.15) is 12.1 Å². The fraction of sp³-hybridized carbons (Fsp3) is 0.467. The van der Waals surface area contributed by atoms with Crippen LogP contribution in [-0.4, -0.2) is 55.5 Å². The number of likely N-dealkylation sites (tertiary alicyclic amines) is 1. The van der Waals surface area contributed by atoms with Crippen molar-refractivity contribution in [1.82, 2.24) is 25.2 Å². The van der Waals surface area contributed by atoms with E-state index in [0.29, 0.717) is 5.56 Å². The molecule has 214 valence electrons. The molecule has 4 rings (SSSR count). The molecule has 1 fully saturated rings. The molecule has 8 nitrogen and oxygen atoms in total. The largest absolute Gasteiger partial charge is 0.391 e. The minimum Gasteiger partial charge on any atom is -0.391 e. The molecule has 0 saturated carbocycles. The summed E-state index contributed by atoms with van der Waals surface area (Å²) < 4.78 is 29.4. The van der Waals surface area contributed by atoms with Gasteiger partial charge < -0.3 is 15.3 Å². The molecule has 2 heterocycles. The maximum absolute atomic E-state index is 14.2. The number of carbonyl (C=O) groups is 2. The third-order valence-electron chi connectivity index (χ3n) is 7.34. The Morgan fingerprint density at radius 2 is 1.75 bits per heavy atom. The maximum atomic E-state index is 14.2. The summed E-state index contributed by atoms with van der Waals surface area (Å²) in [7, 11) is 0. The zero-order chi connectivity index (χ0) is 29.4. The molecule has 1 aliphatic heterocycles. The molecular weight excluding hydrogens is 516 g/mol. The molecule has 3 aromatic rings. The van der Waals surface area contributed by atoms with E-state index in [-0.39, 0.29) is 41.7 Å². The smallest absolute Gasteiger partial charge is 0.248 e. The maximum Gasteiger partial charge on any atom is 0.248 e. The van der Waals surface area contributed by atoms with Gasteiger partial charge in [0.2, 0.25) is 11.8 Å². The number of amides is 2. The number of hydrogen-bond donors (Lipinski definition) is 2. The van der Waals surface area contributed by atoms with Crippen molar-refractivity contribution in [3.8, 4) is 11.1 Å². The van der Waals surface area contributed by atoms with E-state index in [4.69, 9.17) is 0 Å². The molecule has 1 aliphatic rings. The highest BCUT2D eigenvalue weighted by molar-refractivity contribution is 5.90. The quantitative estimate of drug-likeness (QED) is 0.447. The minimum absolute atomic E-state index is 0.0449. The van der Waals surface area contributed by atoms with Gasteiger partial charge in [0.15, 0.2) is 11.6 Å². The van der Waals surface area contributed by atoms with Crippen molar-refractivity contribution in [3.05, 3.63) is 71.6 Å². The van der Waals surface area contributed by atoms with Gasteiger partial charge in [0.05, 0.1) is 17.8 Å². The van der Waals surface area contributed by atoms with Crippen LogP contribution in [0.2, 0.25) is 0 Å². The highest BCUT2D eigenvalue weighted by atomic mass is 19.2. The first-order valence-corrected chi connectivity index (χ1v) is 13.5. The first-order valence-electron chi connectivity index (χ1n) is 13.5. The molecule has 0 spiro atoms. The number of benzene rings is 2. The molecule has 0 bridgehead atoms.